The van der Waals surface area contributed by atoms with E-state index in [2.05, 4.69) is 25.5 Å². The molecule has 0 unspecified atom stereocenters. The molecular formula is C12H13N7. The summed E-state index contributed by atoms with van der Waals surface area (Å²) < 4.78 is 3.41. The zero-order chi connectivity index (χ0) is 13.1. The standard InChI is InChI=1S/C12H13N7/c1-18-7-10(6-16-18)5-15-11-3-2-4-14-12(11)19-9-13-8-17-19/h2-4,6-9,15H,5H2,1H3. The Kier molecular flexibility index (Phi) is 2.93. The highest BCUT2D eigenvalue weighted by atomic mass is 15.3. The van der Waals surface area contributed by atoms with E-state index in [-0.39, 0.29) is 0 Å². The number of nitrogens with one attached hydrogen (secondary N) is 1. The zero-order valence-electron chi connectivity index (χ0n) is 10.4. The summed E-state index contributed by atoms with van der Waals surface area (Å²) in [5, 5.41) is 11.6. The number of aryl methyl sites for hydroxylation is 1. The number of nitrogens with zero attached hydrogens (tertiary/aromatic N) is 6. The van der Waals surface area contributed by atoms with Crippen LogP contribution in [0.4, 0.5) is 5.69 Å². The minimum atomic E-state index is 0.682. The van der Waals surface area contributed by atoms with Crippen LogP contribution >= 0.6 is 0 Å². The minimum absolute atomic E-state index is 0.682. The summed E-state index contributed by atoms with van der Waals surface area (Å²) in [6.07, 6.45) is 8.64. The lowest BCUT2D eigenvalue weighted by Crippen LogP contribution is -2.06. The Morgan fingerprint density at radius 3 is 3.00 bits per heavy atom. The van der Waals surface area contributed by atoms with E-state index in [1.807, 2.05) is 31.6 Å². The maximum atomic E-state index is 4.32. The molecule has 0 aliphatic rings. The summed E-state index contributed by atoms with van der Waals surface area (Å²) in [6.45, 7) is 0.682. The van der Waals surface area contributed by atoms with Gasteiger partial charge >= 0.3 is 0 Å². The van der Waals surface area contributed by atoms with Crippen LogP contribution in [-0.2, 0) is 13.6 Å². The van der Waals surface area contributed by atoms with Gasteiger partial charge in [0.1, 0.15) is 12.7 Å². The Bertz CT molecular complexity index is 656. The molecule has 0 aromatic carbocycles. The second-order valence-electron chi connectivity index (χ2n) is 4.09. The first kappa shape index (κ1) is 11.4. The van der Waals surface area contributed by atoms with Crippen LogP contribution in [-0.4, -0.2) is 29.5 Å². The lowest BCUT2D eigenvalue weighted by atomic mass is 10.3. The summed E-state index contributed by atoms with van der Waals surface area (Å²) in [7, 11) is 1.90. The average molecular weight is 255 g/mol. The molecule has 3 heterocycles. The molecule has 7 heteroatoms. The fraction of sp³-hybridized carbons (Fsp3) is 0.167. The third-order valence-electron chi connectivity index (χ3n) is 2.66. The van der Waals surface area contributed by atoms with Gasteiger partial charge in [-0.05, 0) is 12.1 Å². The van der Waals surface area contributed by atoms with Crippen molar-refractivity contribution in [3.63, 3.8) is 0 Å². The van der Waals surface area contributed by atoms with E-state index in [1.165, 1.54) is 6.33 Å². The van der Waals surface area contributed by atoms with E-state index < -0.39 is 0 Å². The molecule has 3 rings (SSSR count). The van der Waals surface area contributed by atoms with Crippen LogP contribution in [0.5, 0.6) is 0 Å². The second kappa shape index (κ2) is 4.89. The Balaban J connectivity index is 1.81. The van der Waals surface area contributed by atoms with Crippen LogP contribution in [0.3, 0.4) is 0 Å². The predicted octanol–water partition coefficient (Wildman–Crippen LogP) is 1.01. The molecule has 0 radical (unpaired) electrons. The monoisotopic (exact) mass is 255 g/mol. The van der Waals surface area contributed by atoms with Gasteiger partial charge in [-0.15, -0.1) is 0 Å². The van der Waals surface area contributed by atoms with Gasteiger partial charge < -0.3 is 5.32 Å². The molecule has 19 heavy (non-hydrogen) atoms. The normalized spacial score (nSPS) is 10.6. The second-order valence-corrected chi connectivity index (χ2v) is 4.09. The molecule has 0 fully saturated rings. The van der Waals surface area contributed by atoms with Gasteiger partial charge in [0.2, 0.25) is 0 Å². The number of anilines is 1. The fourth-order valence-electron chi connectivity index (χ4n) is 1.80. The quantitative estimate of drug-likeness (QED) is 0.753. The Hall–Kier alpha value is -2.70. The maximum absolute atomic E-state index is 4.32. The number of hydrogen-bond acceptors (Lipinski definition) is 5. The lowest BCUT2D eigenvalue weighted by molar-refractivity contribution is 0.767. The number of hydrogen-bond donors (Lipinski definition) is 1. The van der Waals surface area contributed by atoms with Crippen molar-refractivity contribution in [1.82, 2.24) is 29.5 Å². The summed E-state index contributed by atoms with van der Waals surface area (Å²) in [5.74, 6) is 0.726. The number of pyridine rings is 1. The van der Waals surface area contributed by atoms with E-state index in [1.54, 1.807) is 21.9 Å². The van der Waals surface area contributed by atoms with Crippen LogP contribution in [0.2, 0.25) is 0 Å². The van der Waals surface area contributed by atoms with Gasteiger partial charge in [-0.3, -0.25) is 4.68 Å². The van der Waals surface area contributed by atoms with E-state index >= 15 is 0 Å². The van der Waals surface area contributed by atoms with Crippen LogP contribution in [0.25, 0.3) is 5.82 Å². The molecule has 3 aromatic heterocycles. The van der Waals surface area contributed by atoms with Crippen LogP contribution in [0.1, 0.15) is 5.56 Å². The molecule has 3 aromatic rings. The summed E-state index contributed by atoms with van der Waals surface area (Å²) >= 11 is 0. The van der Waals surface area contributed by atoms with Gasteiger partial charge in [-0.2, -0.15) is 10.2 Å². The molecule has 0 atom stereocenters. The molecule has 0 aliphatic heterocycles. The summed E-state index contributed by atoms with van der Waals surface area (Å²) in [4.78, 5) is 8.25. The molecule has 0 aliphatic carbocycles. The highest BCUT2D eigenvalue weighted by Gasteiger charge is 2.06. The van der Waals surface area contributed by atoms with E-state index in [0.29, 0.717) is 6.54 Å². The highest BCUT2D eigenvalue weighted by Crippen LogP contribution is 2.16. The zero-order valence-corrected chi connectivity index (χ0v) is 10.4. The third kappa shape index (κ3) is 2.44. The molecule has 0 amide bonds. The van der Waals surface area contributed by atoms with Crippen molar-refractivity contribution >= 4 is 5.69 Å². The van der Waals surface area contributed by atoms with Crippen molar-refractivity contribution in [2.75, 3.05) is 5.32 Å². The molecular weight excluding hydrogens is 242 g/mol. The van der Waals surface area contributed by atoms with Gasteiger partial charge in [0.15, 0.2) is 5.82 Å². The van der Waals surface area contributed by atoms with Crippen LogP contribution in [0, 0.1) is 0 Å². The van der Waals surface area contributed by atoms with E-state index in [0.717, 1.165) is 17.1 Å². The average Bonchev–Trinajstić information content (AvgIpc) is 3.08. The van der Waals surface area contributed by atoms with Crippen molar-refractivity contribution < 1.29 is 0 Å². The first-order chi connectivity index (χ1) is 9.33. The third-order valence-corrected chi connectivity index (χ3v) is 2.66. The van der Waals surface area contributed by atoms with Gasteiger partial charge in [0, 0.05) is 31.5 Å². The Morgan fingerprint density at radius 1 is 1.32 bits per heavy atom. The van der Waals surface area contributed by atoms with Gasteiger partial charge in [-0.25, -0.2) is 14.6 Å². The molecule has 0 saturated carbocycles. The molecule has 7 nitrogen and oxygen atoms in total. The minimum Gasteiger partial charge on any atom is -0.378 e. The molecule has 1 N–H and O–H groups in total. The highest BCUT2D eigenvalue weighted by molar-refractivity contribution is 5.56. The largest absolute Gasteiger partial charge is 0.378 e. The number of rotatable bonds is 4. The topological polar surface area (TPSA) is 73.5 Å². The first-order valence-electron chi connectivity index (χ1n) is 5.84. The lowest BCUT2D eigenvalue weighted by Gasteiger charge is -2.09. The smallest absolute Gasteiger partial charge is 0.178 e. The SMILES string of the molecule is Cn1cc(CNc2cccnc2-n2cncn2)cn1. The fourth-order valence-corrected chi connectivity index (χ4v) is 1.80. The van der Waals surface area contributed by atoms with Gasteiger partial charge in [0.05, 0.1) is 11.9 Å². The number of aromatic nitrogens is 6. The predicted molar refractivity (Wildman–Crippen MR) is 69.7 cm³/mol. The molecule has 0 bridgehead atoms. The van der Waals surface area contributed by atoms with Crippen molar-refractivity contribution in [2.45, 2.75) is 6.54 Å². The van der Waals surface area contributed by atoms with Crippen molar-refractivity contribution in [2.24, 2.45) is 7.05 Å². The Morgan fingerprint density at radius 2 is 2.26 bits per heavy atom. The molecule has 0 saturated heterocycles. The van der Waals surface area contributed by atoms with E-state index in [4.69, 9.17) is 0 Å². The van der Waals surface area contributed by atoms with Crippen molar-refractivity contribution in [1.29, 1.82) is 0 Å². The van der Waals surface area contributed by atoms with Gasteiger partial charge in [0.25, 0.3) is 0 Å². The van der Waals surface area contributed by atoms with Crippen LogP contribution in [0.15, 0.2) is 43.4 Å². The molecule has 0 spiro atoms. The van der Waals surface area contributed by atoms with Crippen LogP contribution < -0.4 is 5.32 Å². The maximum Gasteiger partial charge on any atom is 0.178 e. The molecule has 96 valence electrons. The summed E-state index contributed by atoms with van der Waals surface area (Å²) in [6, 6.07) is 3.84. The Labute approximate surface area is 109 Å². The van der Waals surface area contributed by atoms with Gasteiger partial charge in [-0.1, -0.05) is 0 Å². The first-order valence-corrected chi connectivity index (χ1v) is 5.84. The van der Waals surface area contributed by atoms with Crippen molar-refractivity contribution in [3.05, 3.63) is 48.9 Å². The summed E-state index contributed by atoms with van der Waals surface area (Å²) in [5.41, 5.74) is 2.01. The van der Waals surface area contributed by atoms with Crippen molar-refractivity contribution in [3.8, 4) is 5.82 Å². The van der Waals surface area contributed by atoms with E-state index in [9.17, 15) is 0 Å².